The molecule has 5 heteroatoms. The summed E-state index contributed by atoms with van der Waals surface area (Å²) in [4.78, 5) is 22.7. The van der Waals surface area contributed by atoms with Crippen LogP contribution in [0.4, 0.5) is 4.39 Å². The Kier molecular flexibility index (Phi) is 4.63. The summed E-state index contributed by atoms with van der Waals surface area (Å²) in [6.07, 6.45) is -0.474. The maximum Gasteiger partial charge on any atom is 0.313 e. The van der Waals surface area contributed by atoms with E-state index in [9.17, 15) is 14.0 Å². The number of methoxy groups -OCH3 is 1. The van der Waals surface area contributed by atoms with E-state index in [-0.39, 0.29) is 17.9 Å². The maximum absolute atomic E-state index is 13.7. The lowest BCUT2D eigenvalue weighted by molar-refractivity contribution is -0.141. The van der Waals surface area contributed by atoms with E-state index in [0.717, 1.165) is 0 Å². The molecule has 1 rings (SSSR count). The highest BCUT2D eigenvalue weighted by atomic mass is 19.1. The molecule has 92 valence electrons. The zero-order valence-electron chi connectivity index (χ0n) is 9.66. The Morgan fingerprint density at radius 3 is 2.65 bits per heavy atom. The van der Waals surface area contributed by atoms with Crippen molar-refractivity contribution in [2.45, 2.75) is 13.3 Å². The van der Waals surface area contributed by atoms with Gasteiger partial charge in [0, 0.05) is 0 Å². The molecule has 0 spiro atoms. The quantitative estimate of drug-likeness (QED) is 0.448. The van der Waals surface area contributed by atoms with E-state index in [1.54, 1.807) is 6.92 Å². The minimum absolute atomic E-state index is 0.0280. The second kappa shape index (κ2) is 5.98. The van der Waals surface area contributed by atoms with Gasteiger partial charge in [0.1, 0.15) is 6.42 Å². The highest BCUT2D eigenvalue weighted by Gasteiger charge is 2.18. The van der Waals surface area contributed by atoms with Crippen LogP contribution in [0.25, 0.3) is 0 Å². The molecule has 0 saturated carbocycles. The van der Waals surface area contributed by atoms with Gasteiger partial charge in [-0.05, 0) is 19.1 Å². The van der Waals surface area contributed by atoms with Crippen LogP contribution in [0.3, 0.4) is 0 Å². The van der Waals surface area contributed by atoms with Gasteiger partial charge in [-0.25, -0.2) is 4.39 Å². The molecule has 1 aromatic carbocycles. The lowest BCUT2D eigenvalue weighted by Gasteiger charge is -2.06. The van der Waals surface area contributed by atoms with E-state index in [0.29, 0.717) is 0 Å². The highest BCUT2D eigenvalue weighted by molar-refractivity contribution is 6.06. The summed E-state index contributed by atoms with van der Waals surface area (Å²) in [6.45, 7) is 1.82. The van der Waals surface area contributed by atoms with Crippen molar-refractivity contribution in [3.8, 4) is 5.75 Å². The molecule has 0 aliphatic carbocycles. The Hall–Kier alpha value is -1.91. The number of ether oxygens (including phenoxy) is 2. The van der Waals surface area contributed by atoms with Gasteiger partial charge in [-0.1, -0.05) is 6.07 Å². The number of ketones is 1. The van der Waals surface area contributed by atoms with E-state index < -0.39 is 24.0 Å². The van der Waals surface area contributed by atoms with Crippen LogP contribution in [0.1, 0.15) is 23.7 Å². The lowest BCUT2D eigenvalue weighted by Crippen LogP contribution is -2.12. The molecule has 0 amide bonds. The van der Waals surface area contributed by atoms with Crippen molar-refractivity contribution >= 4 is 11.8 Å². The Labute approximate surface area is 98.3 Å². The van der Waals surface area contributed by atoms with Gasteiger partial charge in [0.05, 0.1) is 19.3 Å². The fourth-order valence-corrected chi connectivity index (χ4v) is 1.32. The van der Waals surface area contributed by atoms with Crippen molar-refractivity contribution in [3.63, 3.8) is 0 Å². The zero-order valence-corrected chi connectivity index (χ0v) is 9.66. The molecule has 0 saturated heterocycles. The zero-order chi connectivity index (χ0) is 12.8. The van der Waals surface area contributed by atoms with Crippen LogP contribution in [-0.2, 0) is 9.53 Å². The Morgan fingerprint density at radius 1 is 1.35 bits per heavy atom. The van der Waals surface area contributed by atoms with Crippen LogP contribution in [-0.4, -0.2) is 25.5 Å². The minimum Gasteiger partial charge on any atom is -0.494 e. The van der Waals surface area contributed by atoms with Crippen LogP contribution in [0.5, 0.6) is 5.75 Å². The summed E-state index contributed by atoms with van der Waals surface area (Å²) in [6, 6.07) is 4.19. The molecule has 0 unspecified atom stereocenters. The van der Waals surface area contributed by atoms with Gasteiger partial charge in [-0.2, -0.15) is 0 Å². The fraction of sp³-hybridized carbons (Fsp3) is 0.333. The molecule has 0 fully saturated rings. The third kappa shape index (κ3) is 3.27. The van der Waals surface area contributed by atoms with Crippen LogP contribution in [0, 0.1) is 5.82 Å². The van der Waals surface area contributed by atoms with Crippen LogP contribution >= 0.6 is 0 Å². The number of Topliss-reactive ketones (excluding diaryl/α,β-unsaturated/α-hetero) is 1. The normalized spacial score (nSPS) is 9.82. The van der Waals surface area contributed by atoms with Crippen LogP contribution < -0.4 is 4.74 Å². The fourth-order valence-electron chi connectivity index (χ4n) is 1.32. The standard InChI is InChI=1S/C12H13FO4/c1-3-17-11(15)7-9(14)8-5-4-6-10(16-2)12(8)13/h4-6H,3,7H2,1-2H3. The summed E-state index contributed by atoms with van der Waals surface area (Å²) < 4.78 is 23.0. The highest BCUT2D eigenvalue weighted by Crippen LogP contribution is 2.21. The third-order valence-electron chi connectivity index (χ3n) is 2.09. The first-order chi connectivity index (χ1) is 8.10. The van der Waals surface area contributed by atoms with E-state index in [2.05, 4.69) is 4.74 Å². The topological polar surface area (TPSA) is 52.6 Å². The van der Waals surface area contributed by atoms with Crippen molar-refractivity contribution in [3.05, 3.63) is 29.6 Å². The Balaban J connectivity index is 2.86. The van der Waals surface area contributed by atoms with Crippen molar-refractivity contribution in [2.75, 3.05) is 13.7 Å². The largest absolute Gasteiger partial charge is 0.494 e. The van der Waals surface area contributed by atoms with E-state index in [4.69, 9.17) is 4.74 Å². The van der Waals surface area contributed by atoms with Crippen LogP contribution in [0.2, 0.25) is 0 Å². The summed E-state index contributed by atoms with van der Waals surface area (Å²) in [5, 5.41) is 0. The first-order valence-electron chi connectivity index (χ1n) is 5.11. The summed E-state index contributed by atoms with van der Waals surface area (Å²) in [5.74, 6) is -2.08. The molecule has 0 atom stereocenters. The van der Waals surface area contributed by atoms with Crippen molar-refractivity contribution in [1.29, 1.82) is 0 Å². The number of benzene rings is 1. The number of carbonyl (C=O) groups excluding carboxylic acids is 2. The predicted octanol–water partition coefficient (Wildman–Crippen LogP) is 1.97. The van der Waals surface area contributed by atoms with Gasteiger partial charge in [-0.3, -0.25) is 9.59 Å². The molecule has 0 aromatic heterocycles. The predicted molar refractivity (Wildman–Crippen MR) is 58.5 cm³/mol. The Bertz CT molecular complexity index is 429. The van der Waals surface area contributed by atoms with Gasteiger partial charge < -0.3 is 9.47 Å². The van der Waals surface area contributed by atoms with E-state index in [1.165, 1.54) is 25.3 Å². The molecule has 0 aliphatic heterocycles. The average molecular weight is 240 g/mol. The van der Waals surface area contributed by atoms with Gasteiger partial charge >= 0.3 is 5.97 Å². The molecule has 17 heavy (non-hydrogen) atoms. The van der Waals surface area contributed by atoms with Crippen LogP contribution in [0.15, 0.2) is 18.2 Å². The summed E-state index contributed by atoms with van der Waals surface area (Å²) >= 11 is 0. The number of carbonyl (C=O) groups is 2. The Morgan fingerprint density at radius 2 is 2.06 bits per heavy atom. The molecule has 0 radical (unpaired) electrons. The summed E-state index contributed by atoms with van der Waals surface area (Å²) in [7, 11) is 1.30. The number of halogens is 1. The SMILES string of the molecule is CCOC(=O)CC(=O)c1cccc(OC)c1F. The first-order valence-corrected chi connectivity index (χ1v) is 5.11. The van der Waals surface area contributed by atoms with Crippen molar-refractivity contribution in [1.82, 2.24) is 0 Å². The summed E-state index contributed by atoms with van der Waals surface area (Å²) in [5.41, 5.74) is -0.169. The average Bonchev–Trinajstić information content (AvgIpc) is 2.29. The minimum atomic E-state index is -0.760. The molecular weight excluding hydrogens is 227 g/mol. The molecule has 4 nitrogen and oxygen atoms in total. The molecule has 0 heterocycles. The molecule has 0 aliphatic rings. The number of esters is 1. The lowest BCUT2D eigenvalue weighted by atomic mass is 10.1. The van der Waals surface area contributed by atoms with Crippen molar-refractivity contribution < 1.29 is 23.5 Å². The number of hydrogen-bond acceptors (Lipinski definition) is 4. The van der Waals surface area contributed by atoms with E-state index >= 15 is 0 Å². The van der Waals surface area contributed by atoms with Gasteiger partial charge in [0.25, 0.3) is 0 Å². The third-order valence-corrected chi connectivity index (χ3v) is 2.09. The first kappa shape index (κ1) is 13.2. The smallest absolute Gasteiger partial charge is 0.313 e. The molecule has 0 bridgehead atoms. The second-order valence-electron chi connectivity index (χ2n) is 3.23. The van der Waals surface area contributed by atoms with Crippen molar-refractivity contribution in [2.24, 2.45) is 0 Å². The molecular formula is C12H13FO4. The van der Waals surface area contributed by atoms with Gasteiger partial charge in [0.15, 0.2) is 17.3 Å². The van der Waals surface area contributed by atoms with Gasteiger partial charge in [0.2, 0.25) is 0 Å². The number of rotatable bonds is 5. The monoisotopic (exact) mass is 240 g/mol. The molecule has 1 aromatic rings. The van der Waals surface area contributed by atoms with E-state index in [1.807, 2.05) is 0 Å². The number of hydrogen-bond donors (Lipinski definition) is 0. The second-order valence-corrected chi connectivity index (χ2v) is 3.23. The molecule has 0 N–H and O–H groups in total. The maximum atomic E-state index is 13.7. The van der Waals surface area contributed by atoms with Gasteiger partial charge in [-0.15, -0.1) is 0 Å².